The number of nitrogens with zero attached hydrogens (tertiary/aromatic N) is 2. The Morgan fingerprint density at radius 2 is 2.14 bits per heavy atom. The number of carbonyl (C=O) groups is 1. The highest BCUT2D eigenvalue weighted by Crippen LogP contribution is 2.22. The number of nitrogens with two attached hydrogens (primary N) is 1. The number of carbonyl (C=O) groups excluding carboxylic acids is 1. The molecule has 1 heterocycles. The quantitative estimate of drug-likeness (QED) is 0.351. The lowest BCUT2D eigenvalue weighted by molar-refractivity contribution is 0.102. The highest BCUT2D eigenvalue weighted by atomic mass is 35.5. The summed E-state index contributed by atoms with van der Waals surface area (Å²) < 4.78 is 0. The second kappa shape index (κ2) is 6.23. The van der Waals surface area contributed by atoms with E-state index in [9.17, 15) is 4.79 Å². The van der Waals surface area contributed by atoms with Crippen LogP contribution in [0.1, 0.15) is 21.6 Å². The Balaban J connectivity index is 2.37. The number of hydrogen-bond acceptors (Lipinski definition) is 4. The van der Waals surface area contributed by atoms with E-state index in [1.165, 1.54) is 6.07 Å². The number of anilines is 1. The van der Waals surface area contributed by atoms with E-state index in [1.807, 2.05) is 0 Å². The molecule has 0 bridgehead atoms. The molecule has 0 unspecified atom stereocenters. The summed E-state index contributed by atoms with van der Waals surface area (Å²) in [6, 6.07) is 8.00. The summed E-state index contributed by atoms with van der Waals surface area (Å²) in [6.07, 6.45) is 1.60. The van der Waals surface area contributed by atoms with Gasteiger partial charge in [0.1, 0.15) is 0 Å². The number of oxime groups is 1. The van der Waals surface area contributed by atoms with Crippen molar-refractivity contribution in [1.82, 2.24) is 4.98 Å². The van der Waals surface area contributed by atoms with Gasteiger partial charge in [-0.25, -0.2) is 0 Å². The first kappa shape index (κ1) is 14.8. The fourth-order valence-electron chi connectivity index (χ4n) is 1.81. The van der Waals surface area contributed by atoms with Crippen molar-refractivity contribution in [2.24, 2.45) is 10.9 Å². The smallest absolute Gasteiger partial charge is 0.257 e. The predicted molar refractivity (Wildman–Crippen MR) is 80.9 cm³/mol. The van der Waals surface area contributed by atoms with Crippen molar-refractivity contribution in [3.05, 3.63) is 58.4 Å². The maximum absolute atomic E-state index is 12.3. The zero-order chi connectivity index (χ0) is 15.4. The van der Waals surface area contributed by atoms with Crippen LogP contribution in [0, 0.1) is 6.92 Å². The van der Waals surface area contributed by atoms with E-state index in [4.69, 9.17) is 22.5 Å². The molecule has 4 N–H and O–H groups in total. The van der Waals surface area contributed by atoms with Crippen molar-refractivity contribution in [1.29, 1.82) is 0 Å². The van der Waals surface area contributed by atoms with Crippen LogP contribution >= 0.6 is 11.6 Å². The largest absolute Gasteiger partial charge is 0.409 e. The molecule has 21 heavy (non-hydrogen) atoms. The van der Waals surface area contributed by atoms with E-state index in [1.54, 1.807) is 37.4 Å². The average Bonchev–Trinajstić information content (AvgIpc) is 2.47. The van der Waals surface area contributed by atoms with Crippen molar-refractivity contribution < 1.29 is 10.0 Å². The number of benzene rings is 1. The predicted octanol–water partition coefficient (Wildman–Crippen LogP) is 2.39. The molecule has 1 aromatic carbocycles. The Bertz CT molecular complexity index is 716. The summed E-state index contributed by atoms with van der Waals surface area (Å²) in [6.45, 7) is 1.73. The van der Waals surface area contributed by atoms with Gasteiger partial charge in [0, 0.05) is 22.5 Å². The van der Waals surface area contributed by atoms with Gasteiger partial charge in [-0.05, 0) is 37.3 Å². The van der Waals surface area contributed by atoms with E-state index in [0.717, 1.165) is 0 Å². The number of aromatic nitrogens is 1. The fraction of sp³-hybridized carbons (Fsp3) is 0.0714. The number of pyridine rings is 1. The average molecular weight is 305 g/mol. The Kier molecular flexibility index (Phi) is 4.39. The van der Waals surface area contributed by atoms with Gasteiger partial charge in [0.25, 0.3) is 5.91 Å². The molecule has 0 aliphatic rings. The third-order valence-electron chi connectivity index (χ3n) is 2.87. The first-order valence-electron chi connectivity index (χ1n) is 6.03. The van der Waals surface area contributed by atoms with E-state index < -0.39 is 0 Å². The Labute approximate surface area is 126 Å². The minimum absolute atomic E-state index is 0.120. The molecule has 0 aliphatic heterocycles. The SMILES string of the molecule is Cc1ncccc1C(=O)Nc1cc(Cl)ccc1/C(N)=N/O. The molecule has 1 aromatic heterocycles. The van der Waals surface area contributed by atoms with Crippen LogP contribution in [-0.2, 0) is 0 Å². The van der Waals surface area contributed by atoms with Crippen molar-refractivity contribution in [2.75, 3.05) is 5.32 Å². The summed E-state index contributed by atoms with van der Waals surface area (Å²) in [5.74, 6) is -0.472. The van der Waals surface area contributed by atoms with Crippen molar-refractivity contribution in [2.45, 2.75) is 6.92 Å². The van der Waals surface area contributed by atoms with Crippen LogP contribution in [0.3, 0.4) is 0 Å². The zero-order valence-electron chi connectivity index (χ0n) is 11.2. The monoisotopic (exact) mass is 304 g/mol. The van der Waals surface area contributed by atoms with Crippen LogP contribution in [0.5, 0.6) is 0 Å². The first-order chi connectivity index (χ1) is 10.0. The van der Waals surface area contributed by atoms with Gasteiger partial charge in [-0.2, -0.15) is 0 Å². The molecular weight excluding hydrogens is 292 g/mol. The van der Waals surface area contributed by atoms with E-state index in [2.05, 4.69) is 15.5 Å². The minimum Gasteiger partial charge on any atom is -0.409 e. The molecular formula is C14H13ClN4O2. The molecule has 0 fully saturated rings. The van der Waals surface area contributed by atoms with Crippen molar-refractivity contribution >= 4 is 29.0 Å². The van der Waals surface area contributed by atoms with Gasteiger partial charge in [-0.3, -0.25) is 9.78 Å². The van der Waals surface area contributed by atoms with Crippen LogP contribution in [-0.4, -0.2) is 21.9 Å². The summed E-state index contributed by atoms with van der Waals surface area (Å²) in [5.41, 5.74) is 7.34. The first-order valence-corrected chi connectivity index (χ1v) is 6.41. The normalized spacial score (nSPS) is 11.2. The lowest BCUT2D eigenvalue weighted by Gasteiger charge is -2.11. The molecule has 0 radical (unpaired) electrons. The number of halogens is 1. The Morgan fingerprint density at radius 1 is 1.38 bits per heavy atom. The van der Waals surface area contributed by atoms with Crippen LogP contribution < -0.4 is 11.1 Å². The number of nitrogens with one attached hydrogen (secondary N) is 1. The standard InChI is InChI=1S/C14H13ClN4O2/c1-8-10(3-2-6-17-8)14(20)18-12-7-9(15)4-5-11(12)13(16)19-21/h2-7,21H,1H3,(H2,16,19)(H,18,20). The summed E-state index contributed by atoms with van der Waals surface area (Å²) in [4.78, 5) is 16.3. The summed E-state index contributed by atoms with van der Waals surface area (Å²) in [7, 11) is 0. The lowest BCUT2D eigenvalue weighted by Crippen LogP contribution is -2.20. The maximum atomic E-state index is 12.3. The van der Waals surface area contributed by atoms with Crippen molar-refractivity contribution in [3.8, 4) is 0 Å². The molecule has 2 rings (SSSR count). The topological polar surface area (TPSA) is 101 Å². The molecule has 108 valence electrons. The van der Waals surface area contributed by atoms with Crippen LogP contribution in [0.25, 0.3) is 0 Å². The highest BCUT2D eigenvalue weighted by molar-refractivity contribution is 6.31. The molecule has 0 saturated heterocycles. The molecule has 7 heteroatoms. The summed E-state index contributed by atoms with van der Waals surface area (Å²) in [5, 5.41) is 14.8. The molecule has 0 spiro atoms. The van der Waals surface area contributed by atoms with Crippen molar-refractivity contribution in [3.63, 3.8) is 0 Å². The van der Waals surface area contributed by atoms with Crippen LogP contribution in [0.15, 0.2) is 41.7 Å². The third kappa shape index (κ3) is 3.29. The molecule has 0 atom stereocenters. The van der Waals surface area contributed by atoms with E-state index in [-0.39, 0.29) is 11.7 Å². The van der Waals surface area contributed by atoms with Gasteiger partial charge < -0.3 is 16.3 Å². The highest BCUT2D eigenvalue weighted by Gasteiger charge is 2.14. The minimum atomic E-state index is -0.352. The lowest BCUT2D eigenvalue weighted by atomic mass is 10.1. The van der Waals surface area contributed by atoms with E-state index >= 15 is 0 Å². The molecule has 1 amide bonds. The van der Waals surface area contributed by atoms with Gasteiger partial charge in [0.05, 0.1) is 11.3 Å². The molecule has 0 aliphatic carbocycles. The molecule has 2 aromatic rings. The van der Waals surface area contributed by atoms with Crippen LogP contribution in [0.2, 0.25) is 5.02 Å². The van der Waals surface area contributed by atoms with Gasteiger partial charge in [-0.1, -0.05) is 16.8 Å². The second-order valence-corrected chi connectivity index (χ2v) is 4.70. The van der Waals surface area contributed by atoms with Gasteiger partial charge in [-0.15, -0.1) is 0 Å². The van der Waals surface area contributed by atoms with Gasteiger partial charge in [0.15, 0.2) is 5.84 Å². The number of rotatable bonds is 3. The number of aryl methyl sites for hydroxylation is 1. The number of amidine groups is 1. The Hall–Kier alpha value is -2.60. The molecule has 6 nitrogen and oxygen atoms in total. The zero-order valence-corrected chi connectivity index (χ0v) is 11.9. The number of amides is 1. The van der Waals surface area contributed by atoms with E-state index in [0.29, 0.717) is 27.5 Å². The fourth-order valence-corrected chi connectivity index (χ4v) is 1.98. The maximum Gasteiger partial charge on any atom is 0.257 e. The summed E-state index contributed by atoms with van der Waals surface area (Å²) >= 11 is 5.92. The van der Waals surface area contributed by atoms with Gasteiger partial charge in [0.2, 0.25) is 0 Å². The second-order valence-electron chi connectivity index (χ2n) is 4.27. The van der Waals surface area contributed by atoms with Gasteiger partial charge >= 0.3 is 0 Å². The van der Waals surface area contributed by atoms with Crippen LogP contribution in [0.4, 0.5) is 5.69 Å². The Morgan fingerprint density at radius 3 is 2.81 bits per heavy atom. The third-order valence-corrected chi connectivity index (χ3v) is 3.10. The molecule has 0 saturated carbocycles. The number of hydrogen-bond donors (Lipinski definition) is 3.